The number of pyridine rings is 3. The lowest BCUT2D eigenvalue weighted by atomic mass is 10.1. The summed E-state index contributed by atoms with van der Waals surface area (Å²) in [5, 5.41) is 12.7. The second-order valence-corrected chi connectivity index (χ2v) is 4.73. The summed E-state index contributed by atoms with van der Waals surface area (Å²) in [6.07, 6.45) is 5.23. The number of fused-ring (bicyclic) bond motifs is 3. The summed E-state index contributed by atoms with van der Waals surface area (Å²) in [6, 6.07) is 9.42. The molecule has 0 spiro atoms. The highest BCUT2D eigenvalue weighted by molar-refractivity contribution is 6.05. The molecule has 4 rings (SSSR count). The molecule has 0 aliphatic rings. The van der Waals surface area contributed by atoms with Crippen molar-refractivity contribution in [1.29, 1.82) is 0 Å². The van der Waals surface area contributed by atoms with Crippen molar-refractivity contribution in [2.45, 2.75) is 7.43 Å². The minimum Gasteiger partial charge on any atom is -0.629 e. The number of H-pyrrole nitrogens is 1. The van der Waals surface area contributed by atoms with Crippen molar-refractivity contribution < 1.29 is 5.48 Å². The standard InChI is InChI=1S/C15H11N5O.CH4/c21-20-14-4-1-9(7-17-14)12-3-2-10-11-8-16-6-5-13(11)19-15(10)18-12;/h1-8H,20H2,(H,18,19);1H4. The lowest BCUT2D eigenvalue weighted by Crippen LogP contribution is -2.70. The quantitative estimate of drug-likeness (QED) is 0.555. The molecule has 110 valence electrons. The van der Waals surface area contributed by atoms with Crippen molar-refractivity contribution >= 4 is 27.8 Å². The summed E-state index contributed by atoms with van der Waals surface area (Å²) >= 11 is 0. The van der Waals surface area contributed by atoms with Crippen LogP contribution >= 0.6 is 0 Å². The monoisotopic (exact) mass is 293 g/mol. The molecule has 6 nitrogen and oxygen atoms in total. The van der Waals surface area contributed by atoms with Crippen LogP contribution in [-0.2, 0) is 0 Å². The fourth-order valence-corrected chi connectivity index (χ4v) is 2.40. The van der Waals surface area contributed by atoms with Crippen molar-refractivity contribution in [2.75, 3.05) is 0 Å². The van der Waals surface area contributed by atoms with E-state index in [0.29, 0.717) is 5.82 Å². The molecule has 4 heterocycles. The van der Waals surface area contributed by atoms with Crippen LogP contribution in [0.5, 0.6) is 0 Å². The number of nitrogens with zero attached hydrogens (tertiary/aromatic N) is 3. The zero-order valence-corrected chi connectivity index (χ0v) is 10.9. The third-order valence-corrected chi connectivity index (χ3v) is 3.46. The molecule has 0 aliphatic heterocycles. The summed E-state index contributed by atoms with van der Waals surface area (Å²) in [5.74, 6) is 0.413. The lowest BCUT2D eigenvalue weighted by molar-refractivity contribution is -0.501. The predicted molar refractivity (Wildman–Crippen MR) is 86.3 cm³/mol. The zero-order chi connectivity index (χ0) is 14.2. The van der Waals surface area contributed by atoms with Gasteiger partial charge in [0, 0.05) is 41.0 Å². The number of hydrogen-bond acceptors (Lipinski definition) is 4. The van der Waals surface area contributed by atoms with E-state index in [-0.39, 0.29) is 7.43 Å². The zero-order valence-electron chi connectivity index (χ0n) is 10.9. The molecule has 4 aromatic rings. The van der Waals surface area contributed by atoms with Crippen LogP contribution < -0.4 is 5.48 Å². The number of rotatable bonds is 2. The third kappa shape index (κ3) is 2.20. The normalized spacial score (nSPS) is 10.8. The van der Waals surface area contributed by atoms with Gasteiger partial charge < -0.3 is 15.7 Å². The molecule has 0 saturated heterocycles. The fraction of sp³-hybridized carbons (Fsp3) is 0.0625. The van der Waals surface area contributed by atoms with Gasteiger partial charge in [0.15, 0.2) is 0 Å². The highest BCUT2D eigenvalue weighted by atomic mass is 16.5. The van der Waals surface area contributed by atoms with Crippen LogP contribution in [0.25, 0.3) is 33.2 Å². The number of quaternary nitrogens is 1. The Labute approximate surface area is 126 Å². The predicted octanol–water partition coefficient (Wildman–Crippen LogP) is 2.50. The first-order valence-corrected chi connectivity index (χ1v) is 6.49. The summed E-state index contributed by atoms with van der Waals surface area (Å²) in [7, 11) is 0. The molecule has 0 bridgehead atoms. The molecule has 0 saturated carbocycles. The number of hydrogen-bond donors (Lipinski definition) is 2. The van der Waals surface area contributed by atoms with Gasteiger partial charge in [0.05, 0.1) is 11.2 Å². The number of aromatic amines is 1. The van der Waals surface area contributed by atoms with Crippen LogP contribution in [0.4, 0.5) is 5.82 Å². The minimum atomic E-state index is 0. The molecule has 0 aliphatic carbocycles. The van der Waals surface area contributed by atoms with E-state index in [1.165, 1.54) is 0 Å². The van der Waals surface area contributed by atoms with E-state index in [4.69, 9.17) is 0 Å². The first-order valence-electron chi connectivity index (χ1n) is 6.49. The van der Waals surface area contributed by atoms with Gasteiger partial charge in [-0.05, 0) is 24.3 Å². The van der Waals surface area contributed by atoms with Crippen molar-refractivity contribution in [1.82, 2.24) is 19.9 Å². The van der Waals surface area contributed by atoms with Gasteiger partial charge in [0.2, 0.25) is 5.82 Å². The van der Waals surface area contributed by atoms with Gasteiger partial charge in [0.1, 0.15) is 5.65 Å². The average molecular weight is 293 g/mol. The summed E-state index contributed by atoms with van der Waals surface area (Å²) < 4.78 is 0. The van der Waals surface area contributed by atoms with E-state index >= 15 is 0 Å². The topological polar surface area (TPSA) is 94.1 Å². The molecule has 3 N–H and O–H groups in total. The molecule has 0 aromatic carbocycles. The van der Waals surface area contributed by atoms with E-state index in [2.05, 4.69) is 19.9 Å². The molecule has 0 radical (unpaired) electrons. The van der Waals surface area contributed by atoms with E-state index in [9.17, 15) is 5.21 Å². The van der Waals surface area contributed by atoms with E-state index < -0.39 is 0 Å². The number of nitrogens with two attached hydrogens (primary N) is 1. The molecular weight excluding hydrogens is 278 g/mol. The second-order valence-electron chi connectivity index (χ2n) is 4.73. The molecule has 0 atom stereocenters. The highest BCUT2D eigenvalue weighted by Gasteiger charge is 2.07. The van der Waals surface area contributed by atoms with Crippen molar-refractivity contribution in [3.05, 3.63) is 54.1 Å². The molecule has 22 heavy (non-hydrogen) atoms. The van der Waals surface area contributed by atoms with Gasteiger partial charge in [-0.3, -0.25) is 4.98 Å². The molecule has 0 fully saturated rings. The van der Waals surface area contributed by atoms with Crippen LogP contribution in [-0.4, -0.2) is 19.9 Å². The molecule has 0 unspecified atom stereocenters. The Balaban J connectivity index is 0.00000144. The Bertz CT molecular complexity index is 930. The Morgan fingerprint density at radius 1 is 1.00 bits per heavy atom. The smallest absolute Gasteiger partial charge is 0.224 e. The third-order valence-electron chi connectivity index (χ3n) is 3.46. The summed E-state index contributed by atoms with van der Waals surface area (Å²) in [4.78, 5) is 16.1. The van der Waals surface area contributed by atoms with Crippen molar-refractivity contribution in [3.63, 3.8) is 0 Å². The van der Waals surface area contributed by atoms with Crippen molar-refractivity contribution in [3.8, 4) is 11.3 Å². The van der Waals surface area contributed by atoms with Crippen LogP contribution in [0.2, 0.25) is 0 Å². The Kier molecular flexibility index (Phi) is 3.54. The Hall–Kier alpha value is -2.83. The van der Waals surface area contributed by atoms with E-state index in [1.54, 1.807) is 18.5 Å². The van der Waals surface area contributed by atoms with Gasteiger partial charge in [-0.2, -0.15) is 0 Å². The maximum atomic E-state index is 10.6. The number of nitrogens with one attached hydrogen (secondary N) is 1. The highest BCUT2D eigenvalue weighted by Crippen LogP contribution is 2.26. The Morgan fingerprint density at radius 3 is 2.68 bits per heavy atom. The number of aromatic nitrogens is 4. The van der Waals surface area contributed by atoms with E-state index in [1.807, 2.05) is 30.5 Å². The Morgan fingerprint density at radius 2 is 1.91 bits per heavy atom. The van der Waals surface area contributed by atoms with Crippen LogP contribution in [0.15, 0.2) is 48.9 Å². The van der Waals surface area contributed by atoms with Gasteiger partial charge >= 0.3 is 0 Å². The maximum Gasteiger partial charge on any atom is 0.224 e. The second kappa shape index (κ2) is 5.51. The van der Waals surface area contributed by atoms with E-state index in [0.717, 1.165) is 38.7 Å². The van der Waals surface area contributed by atoms with Gasteiger partial charge in [-0.25, -0.2) is 9.97 Å². The fourth-order valence-electron chi connectivity index (χ4n) is 2.40. The molecule has 6 heteroatoms. The first kappa shape index (κ1) is 14.1. The average Bonchev–Trinajstić information content (AvgIpc) is 2.92. The van der Waals surface area contributed by atoms with Crippen LogP contribution in [0, 0.1) is 5.21 Å². The largest absolute Gasteiger partial charge is 0.629 e. The molecular formula is C16H15N5O. The summed E-state index contributed by atoms with van der Waals surface area (Å²) in [5.41, 5.74) is 4.24. The minimum absolute atomic E-state index is 0. The first-order chi connectivity index (χ1) is 10.3. The SMILES string of the molecule is C.[O-][NH2+]c1ccc(-c2ccc3c(n2)[nH]c2ccncc23)cn1. The maximum absolute atomic E-state index is 10.6. The van der Waals surface area contributed by atoms with Crippen LogP contribution in [0.1, 0.15) is 7.43 Å². The van der Waals surface area contributed by atoms with Gasteiger partial charge in [-0.15, -0.1) is 0 Å². The van der Waals surface area contributed by atoms with Gasteiger partial charge in [-0.1, -0.05) is 7.43 Å². The van der Waals surface area contributed by atoms with Gasteiger partial charge in [0.25, 0.3) is 0 Å². The molecule has 0 amide bonds. The summed E-state index contributed by atoms with van der Waals surface area (Å²) in [6.45, 7) is 0. The van der Waals surface area contributed by atoms with Crippen LogP contribution in [0.3, 0.4) is 0 Å². The van der Waals surface area contributed by atoms with Crippen molar-refractivity contribution in [2.24, 2.45) is 0 Å². The molecule has 4 aromatic heterocycles. The lowest BCUT2D eigenvalue weighted by Gasteiger charge is -2.03.